The molecule has 0 aliphatic rings. The number of hydrogen-bond acceptors (Lipinski definition) is 4. The highest BCUT2D eigenvalue weighted by atomic mass is 16.5. The summed E-state index contributed by atoms with van der Waals surface area (Å²) in [7, 11) is 0. The fourth-order valence-corrected chi connectivity index (χ4v) is 2.13. The van der Waals surface area contributed by atoms with Crippen LogP contribution in [0.1, 0.15) is 30.4 Å². The Kier molecular flexibility index (Phi) is 3.86. The largest absolute Gasteiger partial charge is 0.423 e. The van der Waals surface area contributed by atoms with Gasteiger partial charge in [0.05, 0.1) is 11.1 Å². The van der Waals surface area contributed by atoms with Gasteiger partial charge in [0.15, 0.2) is 0 Å². The Morgan fingerprint density at radius 3 is 1.88 bits per heavy atom. The number of benzene rings is 3. The molecule has 0 spiro atoms. The van der Waals surface area contributed by atoms with Crippen LogP contribution >= 0.6 is 0 Å². The topological polar surface area (TPSA) is 52.6 Å². The second kappa shape index (κ2) is 7.45. The van der Waals surface area contributed by atoms with Gasteiger partial charge in [-0.3, -0.25) is 0 Å². The predicted octanol–water partition coefficient (Wildman–Crippen LogP) is 4.43. The Balaban J connectivity index is 1.86. The van der Waals surface area contributed by atoms with E-state index < -0.39 is 18.8 Å². The summed E-state index contributed by atoms with van der Waals surface area (Å²) in [5, 5.41) is 0. The third-order valence-corrected chi connectivity index (χ3v) is 3.38. The molecule has 25 heavy (non-hydrogen) atoms. The Labute approximate surface area is 149 Å². The molecule has 0 atom stereocenters. The van der Waals surface area contributed by atoms with E-state index in [9.17, 15) is 9.59 Å². The van der Waals surface area contributed by atoms with Gasteiger partial charge in [-0.1, -0.05) is 36.4 Å². The Morgan fingerprint density at radius 2 is 1.32 bits per heavy atom. The minimum absolute atomic E-state index is 0.0412. The molecule has 0 saturated carbocycles. The highest BCUT2D eigenvalue weighted by Crippen LogP contribution is 2.25. The van der Waals surface area contributed by atoms with Gasteiger partial charge in [0.2, 0.25) is 0 Å². The normalized spacial score (nSPS) is 12.4. The average molecular weight is 335 g/mol. The molecule has 124 valence electrons. The van der Waals surface area contributed by atoms with E-state index in [0.29, 0.717) is 11.1 Å². The lowest BCUT2D eigenvalue weighted by atomic mass is 10.2. The molecule has 0 bridgehead atoms. The molecule has 4 nitrogen and oxygen atoms in total. The van der Waals surface area contributed by atoms with Crippen molar-refractivity contribution < 1.29 is 23.2 Å². The van der Waals surface area contributed by atoms with E-state index in [0.717, 1.165) is 0 Å². The molecule has 3 aromatic carbocycles. The quantitative estimate of drug-likeness (QED) is 0.523. The standard InChI is InChI=1S/C21H16O4/c1-15-14-18(24-20(22)16-8-4-2-5-9-16)12-13-19(15)25-21(23)17-10-6-3-7-11-17/h2-14H,1H3/i1D3. The van der Waals surface area contributed by atoms with Gasteiger partial charge in [0.25, 0.3) is 0 Å². The lowest BCUT2D eigenvalue weighted by Gasteiger charge is -2.10. The van der Waals surface area contributed by atoms with Crippen molar-refractivity contribution in [3.63, 3.8) is 0 Å². The predicted molar refractivity (Wildman–Crippen MR) is 94.0 cm³/mol. The molecule has 0 N–H and O–H groups in total. The van der Waals surface area contributed by atoms with E-state index in [1.54, 1.807) is 60.7 Å². The van der Waals surface area contributed by atoms with Crippen molar-refractivity contribution in [1.29, 1.82) is 0 Å². The van der Waals surface area contributed by atoms with Gasteiger partial charge in [0, 0.05) is 4.11 Å². The first-order valence-corrected chi connectivity index (χ1v) is 7.53. The molecule has 0 aliphatic carbocycles. The van der Waals surface area contributed by atoms with Gasteiger partial charge < -0.3 is 9.47 Å². The number of hydrogen-bond donors (Lipinski definition) is 0. The van der Waals surface area contributed by atoms with E-state index in [4.69, 9.17) is 13.6 Å². The van der Waals surface area contributed by atoms with E-state index in [-0.39, 0.29) is 17.1 Å². The van der Waals surface area contributed by atoms with Crippen molar-refractivity contribution in [2.45, 2.75) is 6.85 Å². The van der Waals surface area contributed by atoms with Crippen LogP contribution in [0.15, 0.2) is 78.9 Å². The van der Waals surface area contributed by atoms with Crippen molar-refractivity contribution in [1.82, 2.24) is 0 Å². The van der Waals surface area contributed by atoms with E-state index in [1.807, 2.05) is 0 Å². The molecule has 0 fully saturated rings. The van der Waals surface area contributed by atoms with Crippen molar-refractivity contribution in [3.05, 3.63) is 95.6 Å². The molecular formula is C21H16O4. The monoisotopic (exact) mass is 335 g/mol. The molecule has 4 heteroatoms. The SMILES string of the molecule is [2H]C([2H])([2H])c1cc(OC(=O)c2ccccc2)ccc1OC(=O)c1ccccc1. The van der Waals surface area contributed by atoms with Crippen LogP contribution in [0.2, 0.25) is 0 Å². The van der Waals surface area contributed by atoms with Crippen LogP contribution < -0.4 is 9.47 Å². The summed E-state index contributed by atoms with van der Waals surface area (Å²) in [6, 6.07) is 20.4. The van der Waals surface area contributed by atoms with Gasteiger partial charge in [0.1, 0.15) is 11.5 Å². The molecule has 0 heterocycles. The van der Waals surface area contributed by atoms with Crippen LogP contribution in [-0.2, 0) is 0 Å². The molecule has 0 unspecified atom stereocenters. The van der Waals surface area contributed by atoms with Crippen molar-refractivity contribution in [2.75, 3.05) is 0 Å². The summed E-state index contributed by atoms with van der Waals surface area (Å²) in [6.07, 6.45) is 0. The van der Waals surface area contributed by atoms with Crippen molar-refractivity contribution >= 4 is 11.9 Å². The molecule has 3 rings (SSSR count). The third-order valence-electron chi connectivity index (χ3n) is 3.38. The molecule has 0 aliphatic heterocycles. The number of esters is 2. The summed E-state index contributed by atoms with van der Waals surface area (Å²) in [5.74, 6) is -1.38. The van der Waals surface area contributed by atoms with Gasteiger partial charge in [-0.05, 0) is 54.9 Å². The van der Waals surface area contributed by atoms with Crippen LogP contribution in [0.25, 0.3) is 0 Å². The maximum absolute atomic E-state index is 12.2. The van der Waals surface area contributed by atoms with Crippen molar-refractivity contribution in [2.24, 2.45) is 0 Å². The summed E-state index contributed by atoms with van der Waals surface area (Å²) in [4.78, 5) is 24.4. The smallest absolute Gasteiger partial charge is 0.343 e. The summed E-state index contributed by atoms with van der Waals surface area (Å²) >= 11 is 0. The zero-order valence-electron chi connectivity index (χ0n) is 16.1. The van der Waals surface area contributed by atoms with Gasteiger partial charge in [-0.25, -0.2) is 9.59 Å². The van der Waals surface area contributed by atoms with Crippen LogP contribution in [0.3, 0.4) is 0 Å². The number of carbonyl (C=O) groups excluding carboxylic acids is 2. The summed E-state index contributed by atoms with van der Waals surface area (Å²) in [5.41, 5.74) is 0.395. The minimum Gasteiger partial charge on any atom is -0.423 e. The van der Waals surface area contributed by atoms with Gasteiger partial charge in [-0.2, -0.15) is 0 Å². The fourth-order valence-electron chi connectivity index (χ4n) is 2.13. The highest BCUT2D eigenvalue weighted by Gasteiger charge is 2.12. The van der Waals surface area contributed by atoms with Gasteiger partial charge in [-0.15, -0.1) is 0 Å². The maximum Gasteiger partial charge on any atom is 0.343 e. The molecular weight excluding hydrogens is 316 g/mol. The van der Waals surface area contributed by atoms with Crippen molar-refractivity contribution in [3.8, 4) is 11.5 Å². The van der Waals surface area contributed by atoms with Gasteiger partial charge >= 0.3 is 11.9 Å². The Morgan fingerprint density at radius 1 is 0.760 bits per heavy atom. The molecule has 0 saturated heterocycles. The summed E-state index contributed by atoms with van der Waals surface area (Å²) < 4.78 is 33.6. The molecule has 0 aromatic heterocycles. The number of rotatable bonds is 4. The zero-order valence-corrected chi connectivity index (χ0v) is 13.1. The summed E-state index contributed by atoms with van der Waals surface area (Å²) in [6.45, 7) is -2.57. The maximum atomic E-state index is 12.2. The first-order valence-electron chi connectivity index (χ1n) is 9.03. The molecule has 0 amide bonds. The molecule has 3 aromatic rings. The Hall–Kier alpha value is -3.40. The second-order valence-electron chi connectivity index (χ2n) is 5.17. The zero-order chi connectivity index (χ0) is 20.1. The van der Waals surface area contributed by atoms with Crippen LogP contribution in [0.4, 0.5) is 0 Å². The second-order valence-corrected chi connectivity index (χ2v) is 5.17. The Bertz CT molecular complexity index is 984. The fraction of sp³-hybridized carbons (Fsp3) is 0.0476. The third kappa shape index (κ3) is 4.12. The molecule has 0 radical (unpaired) electrons. The highest BCUT2D eigenvalue weighted by molar-refractivity contribution is 5.92. The number of aryl methyl sites for hydroxylation is 1. The van der Waals surface area contributed by atoms with E-state index in [1.165, 1.54) is 18.2 Å². The van der Waals surface area contributed by atoms with Crippen LogP contribution in [0, 0.1) is 6.85 Å². The minimum atomic E-state index is -2.57. The van der Waals surface area contributed by atoms with Crippen LogP contribution in [-0.4, -0.2) is 11.9 Å². The van der Waals surface area contributed by atoms with E-state index >= 15 is 0 Å². The lowest BCUT2D eigenvalue weighted by molar-refractivity contribution is 0.0718. The number of carbonyl (C=O) groups is 2. The van der Waals surface area contributed by atoms with E-state index in [2.05, 4.69) is 0 Å². The first-order chi connectivity index (χ1) is 13.3. The number of ether oxygens (including phenoxy) is 2. The van der Waals surface area contributed by atoms with Crippen LogP contribution in [0.5, 0.6) is 11.5 Å². The average Bonchev–Trinajstić information content (AvgIpc) is 2.69. The lowest BCUT2D eigenvalue weighted by Crippen LogP contribution is -2.10. The first kappa shape index (κ1) is 13.0.